The second-order valence-corrected chi connectivity index (χ2v) is 7.52. The number of likely N-dealkylation sites (tertiary alicyclic amines) is 1. The van der Waals surface area contributed by atoms with Crippen LogP contribution >= 0.6 is 0 Å². The van der Waals surface area contributed by atoms with E-state index in [0.717, 1.165) is 38.3 Å². The number of carbonyl (C=O) groups excluding carboxylic acids is 1. The van der Waals surface area contributed by atoms with Gasteiger partial charge in [0, 0.05) is 26.2 Å². The van der Waals surface area contributed by atoms with E-state index in [0.29, 0.717) is 24.5 Å². The van der Waals surface area contributed by atoms with E-state index in [1.54, 1.807) is 0 Å². The minimum absolute atomic E-state index is 0.0171. The molecule has 4 rings (SSSR count). The number of benzene rings is 2. The van der Waals surface area contributed by atoms with Crippen LogP contribution in [0.3, 0.4) is 0 Å². The fraction of sp³-hybridized carbons (Fsp3) is 0.435. The number of hydrogen-bond donors (Lipinski definition) is 0. The van der Waals surface area contributed by atoms with Crippen LogP contribution in [0.5, 0.6) is 11.5 Å². The van der Waals surface area contributed by atoms with Crippen LogP contribution in [0, 0.1) is 0 Å². The summed E-state index contributed by atoms with van der Waals surface area (Å²) in [6.45, 7) is 5.25. The van der Waals surface area contributed by atoms with E-state index in [2.05, 4.69) is 4.90 Å². The van der Waals surface area contributed by atoms with Crippen LogP contribution in [0.4, 0.5) is 0 Å². The van der Waals surface area contributed by atoms with Gasteiger partial charge in [-0.2, -0.15) is 0 Å². The number of amides is 1. The Bertz CT molecular complexity index is 774. The second-order valence-electron chi connectivity index (χ2n) is 7.52. The summed E-state index contributed by atoms with van der Waals surface area (Å²) >= 11 is 0. The molecule has 0 aromatic heterocycles. The Morgan fingerprint density at radius 1 is 0.964 bits per heavy atom. The van der Waals surface area contributed by atoms with Crippen molar-refractivity contribution in [1.82, 2.24) is 9.80 Å². The summed E-state index contributed by atoms with van der Waals surface area (Å²) in [6.07, 6.45) is 3.47. The molecule has 2 aromatic rings. The molecule has 5 heteroatoms. The van der Waals surface area contributed by atoms with Crippen molar-refractivity contribution in [3.8, 4) is 11.5 Å². The highest BCUT2D eigenvalue weighted by molar-refractivity contribution is 5.97. The van der Waals surface area contributed by atoms with Crippen molar-refractivity contribution in [2.24, 2.45) is 0 Å². The molecule has 2 fully saturated rings. The van der Waals surface area contributed by atoms with Gasteiger partial charge in [-0.15, -0.1) is 0 Å². The minimum atomic E-state index is 0.0171. The van der Waals surface area contributed by atoms with E-state index >= 15 is 0 Å². The monoisotopic (exact) mass is 380 g/mol. The van der Waals surface area contributed by atoms with Gasteiger partial charge in [-0.05, 0) is 56.6 Å². The van der Waals surface area contributed by atoms with Crippen molar-refractivity contribution in [2.75, 3.05) is 39.3 Å². The number of hydrogen-bond acceptors (Lipinski definition) is 4. The van der Waals surface area contributed by atoms with Crippen LogP contribution in [-0.4, -0.2) is 61.1 Å². The largest absolute Gasteiger partial charge is 0.457 e. The third-order valence-corrected chi connectivity index (χ3v) is 5.39. The Balaban J connectivity index is 1.48. The van der Waals surface area contributed by atoms with E-state index in [1.807, 2.05) is 59.5 Å². The lowest BCUT2D eigenvalue weighted by Gasteiger charge is -2.27. The normalized spacial score (nSPS) is 20.7. The number of rotatable bonds is 5. The Labute approximate surface area is 166 Å². The van der Waals surface area contributed by atoms with E-state index in [9.17, 15) is 4.79 Å². The van der Waals surface area contributed by atoms with Crippen LogP contribution in [0.1, 0.15) is 29.6 Å². The third kappa shape index (κ3) is 4.72. The molecular formula is C23H28N2O3. The first-order chi connectivity index (χ1) is 13.8. The van der Waals surface area contributed by atoms with Gasteiger partial charge in [-0.3, -0.25) is 4.79 Å². The maximum atomic E-state index is 13.3. The van der Waals surface area contributed by atoms with Crippen LogP contribution in [0.15, 0.2) is 54.6 Å². The first-order valence-corrected chi connectivity index (χ1v) is 10.2. The summed E-state index contributed by atoms with van der Waals surface area (Å²) in [7, 11) is 0. The molecule has 2 aliphatic heterocycles. The molecule has 0 saturated carbocycles. The molecular weight excluding hydrogens is 352 g/mol. The summed E-state index contributed by atoms with van der Waals surface area (Å²) in [5.74, 6) is 1.34. The second kappa shape index (κ2) is 9.22. The lowest BCUT2D eigenvalue weighted by molar-refractivity contribution is 0.0297. The molecule has 1 atom stereocenters. The molecule has 2 aromatic carbocycles. The Kier molecular flexibility index (Phi) is 6.24. The molecule has 2 aliphatic rings. The molecule has 0 unspecified atom stereocenters. The molecule has 28 heavy (non-hydrogen) atoms. The maximum Gasteiger partial charge on any atom is 0.257 e. The summed E-state index contributed by atoms with van der Waals surface area (Å²) in [4.78, 5) is 17.7. The predicted molar refractivity (Wildman–Crippen MR) is 109 cm³/mol. The SMILES string of the molecule is O=C(c1ccccc1Oc1ccccc1)N1CCCO[C@@H](CN2CCCC2)C1. The van der Waals surface area contributed by atoms with Crippen molar-refractivity contribution >= 4 is 5.91 Å². The molecule has 1 amide bonds. The van der Waals surface area contributed by atoms with Crippen molar-refractivity contribution in [1.29, 1.82) is 0 Å². The Morgan fingerprint density at radius 3 is 2.54 bits per heavy atom. The molecule has 2 heterocycles. The van der Waals surface area contributed by atoms with Gasteiger partial charge in [0.25, 0.3) is 5.91 Å². The van der Waals surface area contributed by atoms with E-state index in [4.69, 9.17) is 9.47 Å². The van der Waals surface area contributed by atoms with Crippen molar-refractivity contribution in [2.45, 2.75) is 25.4 Å². The van der Waals surface area contributed by atoms with E-state index in [-0.39, 0.29) is 12.0 Å². The zero-order chi connectivity index (χ0) is 19.2. The van der Waals surface area contributed by atoms with Gasteiger partial charge in [0.05, 0.1) is 11.7 Å². The fourth-order valence-corrected chi connectivity index (χ4v) is 3.96. The van der Waals surface area contributed by atoms with Gasteiger partial charge in [-0.25, -0.2) is 0 Å². The zero-order valence-corrected chi connectivity index (χ0v) is 16.3. The number of nitrogens with zero attached hydrogens (tertiary/aromatic N) is 2. The molecule has 5 nitrogen and oxygen atoms in total. The topological polar surface area (TPSA) is 42.0 Å². The Morgan fingerprint density at radius 2 is 1.71 bits per heavy atom. The average molecular weight is 380 g/mol. The van der Waals surface area contributed by atoms with Gasteiger partial charge in [0.15, 0.2) is 0 Å². The Hall–Kier alpha value is -2.37. The van der Waals surface area contributed by atoms with Gasteiger partial charge in [-0.1, -0.05) is 30.3 Å². The lowest BCUT2D eigenvalue weighted by Crippen LogP contribution is -2.42. The van der Waals surface area contributed by atoms with Crippen LogP contribution in [0.25, 0.3) is 0 Å². The first-order valence-electron chi connectivity index (χ1n) is 10.2. The molecule has 2 saturated heterocycles. The highest BCUT2D eigenvalue weighted by Crippen LogP contribution is 2.26. The zero-order valence-electron chi connectivity index (χ0n) is 16.3. The summed E-state index contributed by atoms with van der Waals surface area (Å²) < 4.78 is 12.0. The number of ether oxygens (including phenoxy) is 2. The quantitative estimate of drug-likeness (QED) is 0.791. The van der Waals surface area contributed by atoms with E-state index < -0.39 is 0 Å². The summed E-state index contributed by atoms with van der Waals surface area (Å²) in [6, 6.07) is 17.1. The molecule has 0 radical (unpaired) electrons. The maximum absolute atomic E-state index is 13.3. The summed E-state index contributed by atoms with van der Waals surface area (Å²) in [5.41, 5.74) is 0.605. The molecule has 0 N–H and O–H groups in total. The predicted octanol–water partition coefficient (Wildman–Crippen LogP) is 3.81. The standard InChI is InChI=1S/C23H28N2O3/c26-23(21-11-4-5-12-22(21)28-19-9-2-1-3-10-19)25-15-8-16-27-20(18-25)17-24-13-6-7-14-24/h1-5,9-12,20H,6-8,13-18H2/t20-/m0/s1. The molecule has 0 bridgehead atoms. The molecule has 0 spiro atoms. The highest BCUT2D eigenvalue weighted by atomic mass is 16.5. The van der Waals surface area contributed by atoms with Gasteiger partial charge in [0.1, 0.15) is 11.5 Å². The van der Waals surface area contributed by atoms with E-state index in [1.165, 1.54) is 12.8 Å². The van der Waals surface area contributed by atoms with Crippen molar-refractivity contribution < 1.29 is 14.3 Å². The fourth-order valence-electron chi connectivity index (χ4n) is 3.96. The third-order valence-electron chi connectivity index (χ3n) is 5.39. The molecule has 148 valence electrons. The smallest absolute Gasteiger partial charge is 0.257 e. The van der Waals surface area contributed by atoms with Gasteiger partial charge >= 0.3 is 0 Å². The van der Waals surface area contributed by atoms with Crippen molar-refractivity contribution in [3.05, 3.63) is 60.2 Å². The van der Waals surface area contributed by atoms with Gasteiger partial charge in [0.2, 0.25) is 0 Å². The first kappa shape index (κ1) is 19.0. The van der Waals surface area contributed by atoms with Crippen LogP contribution < -0.4 is 4.74 Å². The highest BCUT2D eigenvalue weighted by Gasteiger charge is 2.27. The molecule has 0 aliphatic carbocycles. The number of para-hydroxylation sites is 2. The van der Waals surface area contributed by atoms with Crippen LogP contribution in [-0.2, 0) is 4.74 Å². The lowest BCUT2D eigenvalue weighted by atomic mass is 10.1. The van der Waals surface area contributed by atoms with Crippen LogP contribution in [0.2, 0.25) is 0 Å². The number of carbonyl (C=O) groups is 1. The van der Waals surface area contributed by atoms with Gasteiger partial charge < -0.3 is 19.3 Å². The average Bonchev–Trinajstić information content (AvgIpc) is 3.12. The van der Waals surface area contributed by atoms with Crippen molar-refractivity contribution in [3.63, 3.8) is 0 Å². The minimum Gasteiger partial charge on any atom is -0.457 e. The summed E-state index contributed by atoms with van der Waals surface area (Å²) in [5, 5.41) is 0.